The van der Waals surface area contributed by atoms with Gasteiger partial charge in [0.2, 0.25) is 0 Å². The highest BCUT2D eigenvalue weighted by atomic mass is 19.1. The van der Waals surface area contributed by atoms with Crippen LogP contribution in [0.5, 0.6) is 0 Å². The van der Waals surface area contributed by atoms with Crippen molar-refractivity contribution in [2.75, 3.05) is 11.9 Å². The van der Waals surface area contributed by atoms with Crippen molar-refractivity contribution >= 4 is 11.4 Å². The summed E-state index contributed by atoms with van der Waals surface area (Å²) in [4.78, 5) is 10.1. The molecule has 1 aromatic carbocycles. The summed E-state index contributed by atoms with van der Waals surface area (Å²) >= 11 is 0. The first-order valence-corrected chi connectivity index (χ1v) is 5.36. The Labute approximate surface area is 98.4 Å². The fourth-order valence-corrected chi connectivity index (χ4v) is 1.43. The molecule has 5 nitrogen and oxygen atoms in total. The molecule has 1 rings (SSSR count). The van der Waals surface area contributed by atoms with Gasteiger partial charge in [0.05, 0.1) is 11.0 Å². The van der Waals surface area contributed by atoms with Crippen molar-refractivity contribution in [1.82, 2.24) is 0 Å². The zero-order valence-corrected chi connectivity index (χ0v) is 9.52. The first-order chi connectivity index (χ1) is 8.00. The normalized spacial score (nSPS) is 12.2. The van der Waals surface area contributed by atoms with Gasteiger partial charge in [0.1, 0.15) is 11.5 Å². The highest BCUT2D eigenvalue weighted by Crippen LogP contribution is 2.24. The molecule has 17 heavy (non-hydrogen) atoms. The molecule has 1 unspecified atom stereocenters. The average molecular weight is 242 g/mol. The number of nitro groups is 1. The quantitative estimate of drug-likeness (QED) is 0.456. The van der Waals surface area contributed by atoms with Crippen LogP contribution >= 0.6 is 0 Å². The Hall–Kier alpha value is -1.69. The lowest BCUT2D eigenvalue weighted by atomic mass is 10.2. The summed E-state index contributed by atoms with van der Waals surface area (Å²) in [5.74, 6) is -0.520. The van der Waals surface area contributed by atoms with E-state index < -0.39 is 16.8 Å². The Balaban J connectivity index is 2.62. The predicted octanol–water partition coefficient (Wildman–Crippen LogP) is 2.31. The Morgan fingerprint density at radius 3 is 2.88 bits per heavy atom. The monoisotopic (exact) mass is 242 g/mol. The molecule has 1 aromatic rings. The summed E-state index contributed by atoms with van der Waals surface area (Å²) in [6, 6.07) is 3.28. The van der Waals surface area contributed by atoms with Gasteiger partial charge in [0.15, 0.2) is 0 Å². The molecule has 0 aliphatic heterocycles. The van der Waals surface area contributed by atoms with Crippen LogP contribution in [0.2, 0.25) is 0 Å². The third kappa shape index (κ3) is 4.36. The Morgan fingerprint density at radius 1 is 1.59 bits per heavy atom. The number of nitrogens with zero attached hydrogens (tertiary/aromatic N) is 1. The summed E-state index contributed by atoms with van der Waals surface area (Å²) in [6.45, 7) is 2.12. The van der Waals surface area contributed by atoms with Crippen LogP contribution in [0.4, 0.5) is 15.8 Å². The summed E-state index contributed by atoms with van der Waals surface area (Å²) in [5, 5.41) is 22.5. The van der Waals surface area contributed by atoms with Gasteiger partial charge < -0.3 is 10.4 Å². The van der Waals surface area contributed by atoms with Crippen LogP contribution in [-0.4, -0.2) is 22.7 Å². The molecule has 6 heteroatoms. The number of benzene rings is 1. The van der Waals surface area contributed by atoms with E-state index in [0.29, 0.717) is 19.4 Å². The highest BCUT2D eigenvalue weighted by molar-refractivity contribution is 5.61. The van der Waals surface area contributed by atoms with E-state index in [1.165, 1.54) is 0 Å². The van der Waals surface area contributed by atoms with Gasteiger partial charge in [-0.1, -0.05) is 0 Å². The van der Waals surface area contributed by atoms with Gasteiger partial charge in [-0.05, 0) is 25.8 Å². The summed E-state index contributed by atoms with van der Waals surface area (Å²) in [5.41, 5.74) is 0.0176. The lowest BCUT2D eigenvalue weighted by Gasteiger charge is -2.08. The predicted molar refractivity (Wildman–Crippen MR) is 62.5 cm³/mol. The number of nitro benzene ring substituents is 1. The van der Waals surface area contributed by atoms with E-state index in [0.717, 1.165) is 18.2 Å². The van der Waals surface area contributed by atoms with Crippen molar-refractivity contribution < 1.29 is 14.4 Å². The van der Waals surface area contributed by atoms with E-state index in [9.17, 15) is 14.5 Å². The van der Waals surface area contributed by atoms with Crippen LogP contribution in [0.15, 0.2) is 18.2 Å². The number of halogens is 1. The second-order valence-electron chi connectivity index (χ2n) is 3.84. The fourth-order valence-electron chi connectivity index (χ4n) is 1.43. The molecule has 0 aliphatic rings. The van der Waals surface area contributed by atoms with Crippen LogP contribution in [0, 0.1) is 15.9 Å². The third-order valence-electron chi connectivity index (χ3n) is 2.27. The number of nitrogens with one attached hydrogen (secondary N) is 1. The average Bonchev–Trinajstić information content (AvgIpc) is 2.23. The first kappa shape index (κ1) is 13.4. The van der Waals surface area contributed by atoms with Crippen LogP contribution < -0.4 is 5.32 Å². The molecule has 0 fully saturated rings. The van der Waals surface area contributed by atoms with Crippen molar-refractivity contribution in [3.63, 3.8) is 0 Å². The van der Waals surface area contributed by atoms with Crippen molar-refractivity contribution in [3.8, 4) is 0 Å². The lowest BCUT2D eigenvalue weighted by Crippen LogP contribution is -2.08. The van der Waals surface area contributed by atoms with E-state index in [1.807, 2.05) is 0 Å². The number of aliphatic hydroxyl groups excluding tert-OH is 1. The molecule has 0 radical (unpaired) electrons. The molecule has 0 aromatic heterocycles. The van der Waals surface area contributed by atoms with E-state index in [1.54, 1.807) is 6.92 Å². The molecule has 0 heterocycles. The van der Waals surface area contributed by atoms with Crippen molar-refractivity contribution in [3.05, 3.63) is 34.1 Å². The van der Waals surface area contributed by atoms with E-state index in [4.69, 9.17) is 5.11 Å². The van der Waals surface area contributed by atoms with Gasteiger partial charge in [0, 0.05) is 18.7 Å². The van der Waals surface area contributed by atoms with E-state index in [-0.39, 0.29) is 11.4 Å². The van der Waals surface area contributed by atoms with Gasteiger partial charge in [-0.25, -0.2) is 4.39 Å². The maximum Gasteiger partial charge on any atom is 0.292 e. The van der Waals surface area contributed by atoms with Crippen molar-refractivity contribution in [2.45, 2.75) is 25.9 Å². The van der Waals surface area contributed by atoms with Crippen LogP contribution in [-0.2, 0) is 0 Å². The van der Waals surface area contributed by atoms with Crippen molar-refractivity contribution in [1.29, 1.82) is 0 Å². The third-order valence-corrected chi connectivity index (χ3v) is 2.27. The maximum atomic E-state index is 12.9. The second kappa shape index (κ2) is 6.15. The Bertz CT molecular complexity index is 396. The van der Waals surface area contributed by atoms with Gasteiger partial charge in [-0.3, -0.25) is 10.1 Å². The minimum Gasteiger partial charge on any atom is -0.393 e. The number of anilines is 1. The van der Waals surface area contributed by atoms with E-state index >= 15 is 0 Å². The van der Waals surface area contributed by atoms with Crippen LogP contribution in [0.3, 0.4) is 0 Å². The smallest absolute Gasteiger partial charge is 0.292 e. The molecule has 0 saturated heterocycles. The zero-order valence-electron chi connectivity index (χ0n) is 9.52. The summed E-state index contributed by atoms with van der Waals surface area (Å²) < 4.78 is 12.9. The molecule has 0 saturated carbocycles. The number of rotatable bonds is 6. The topological polar surface area (TPSA) is 75.4 Å². The molecule has 0 aliphatic carbocycles. The first-order valence-electron chi connectivity index (χ1n) is 5.36. The SMILES string of the molecule is CC(O)CCCNc1cc(F)ccc1[N+](=O)[O-]. The second-order valence-corrected chi connectivity index (χ2v) is 3.84. The van der Waals surface area contributed by atoms with Crippen molar-refractivity contribution in [2.24, 2.45) is 0 Å². The molecule has 0 amide bonds. The molecule has 0 bridgehead atoms. The Kier molecular flexibility index (Phi) is 4.84. The molecule has 2 N–H and O–H groups in total. The van der Waals surface area contributed by atoms with Crippen LogP contribution in [0.25, 0.3) is 0 Å². The van der Waals surface area contributed by atoms with Gasteiger partial charge in [-0.15, -0.1) is 0 Å². The highest BCUT2D eigenvalue weighted by Gasteiger charge is 2.13. The molecule has 1 atom stereocenters. The molecule has 0 spiro atoms. The standard InChI is InChI=1S/C11H15FN2O3/c1-8(15)3-2-6-13-10-7-9(12)4-5-11(10)14(16)17/h4-5,7-8,13,15H,2-3,6H2,1H3. The fraction of sp³-hybridized carbons (Fsp3) is 0.455. The number of aliphatic hydroxyl groups is 1. The minimum atomic E-state index is -0.559. The molecular formula is C11H15FN2O3. The van der Waals surface area contributed by atoms with Gasteiger partial charge >= 0.3 is 0 Å². The molecule has 94 valence electrons. The zero-order chi connectivity index (χ0) is 12.8. The summed E-state index contributed by atoms with van der Waals surface area (Å²) in [6.07, 6.45) is 0.848. The van der Waals surface area contributed by atoms with E-state index in [2.05, 4.69) is 5.32 Å². The van der Waals surface area contributed by atoms with Gasteiger partial charge in [-0.2, -0.15) is 0 Å². The summed E-state index contributed by atoms with van der Waals surface area (Å²) in [7, 11) is 0. The largest absolute Gasteiger partial charge is 0.393 e. The maximum absolute atomic E-state index is 12.9. The Morgan fingerprint density at radius 2 is 2.29 bits per heavy atom. The number of hydrogen-bond donors (Lipinski definition) is 2. The lowest BCUT2D eigenvalue weighted by molar-refractivity contribution is -0.384. The molecular weight excluding hydrogens is 227 g/mol. The number of hydrogen-bond acceptors (Lipinski definition) is 4. The van der Waals surface area contributed by atoms with Crippen LogP contribution in [0.1, 0.15) is 19.8 Å². The van der Waals surface area contributed by atoms with Gasteiger partial charge in [0.25, 0.3) is 5.69 Å². The minimum absolute atomic E-state index is 0.150.